The molecule has 0 spiro atoms. The molecule has 0 aliphatic rings. The van der Waals surface area contributed by atoms with E-state index in [1.807, 2.05) is 32.9 Å². The summed E-state index contributed by atoms with van der Waals surface area (Å²) in [5.41, 5.74) is 3.91. The van der Waals surface area contributed by atoms with E-state index < -0.39 is 10.1 Å². The van der Waals surface area contributed by atoms with E-state index in [9.17, 15) is 13.0 Å². The van der Waals surface area contributed by atoms with Gasteiger partial charge in [-0.15, -0.1) is 0 Å². The predicted octanol–water partition coefficient (Wildman–Crippen LogP) is 3.69. The van der Waals surface area contributed by atoms with Crippen molar-refractivity contribution in [1.29, 1.82) is 5.39 Å². The van der Waals surface area contributed by atoms with Crippen LogP contribution in [0.25, 0.3) is 4.98 Å². The summed E-state index contributed by atoms with van der Waals surface area (Å²) in [6, 6.07) is 11.3. The van der Waals surface area contributed by atoms with Gasteiger partial charge in [0.25, 0.3) is 0 Å². The standard InChI is InChI=1S/C8H9N2.C7H8O3S/c1-6-3-4-8(10-9)5-7(6)2;1-6-2-4-7(5-3-6)11(8,9)10/h3-5H,1-2H3;2-5H,1H3,(H,8,9,10)/q+1;/p-1. The van der Waals surface area contributed by atoms with E-state index in [1.54, 1.807) is 18.2 Å². The van der Waals surface area contributed by atoms with Gasteiger partial charge in [0.15, 0.2) is 4.98 Å². The topological polar surface area (TPSA) is 85.3 Å². The molecular weight excluding hydrogens is 288 g/mol. The molecular formula is C15H16N2O3S. The fraction of sp³-hybridized carbons (Fsp3) is 0.200. The average molecular weight is 304 g/mol. The number of rotatable bonds is 1. The zero-order valence-corrected chi connectivity index (χ0v) is 12.9. The molecule has 0 saturated carbocycles. The Kier molecular flexibility index (Phi) is 5.59. The lowest BCUT2D eigenvalue weighted by molar-refractivity contribution is 0.463. The molecule has 0 fully saturated rings. The normalized spacial score (nSPS) is 10.2. The van der Waals surface area contributed by atoms with Gasteiger partial charge in [-0.05, 0) is 44.0 Å². The molecule has 2 aromatic carbocycles. The van der Waals surface area contributed by atoms with Crippen LogP contribution in [0.4, 0.5) is 5.69 Å². The first-order valence-electron chi connectivity index (χ1n) is 6.19. The van der Waals surface area contributed by atoms with Crippen LogP contribution in [0.3, 0.4) is 0 Å². The summed E-state index contributed by atoms with van der Waals surface area (Å²) < 4.78 is 31.2. The second-order valence-electron chi connectivity index (χ2n) is 4.64. The summed E-state index contributed by atoms with van der Waals surface area (Å²) in [4.78, 5) is 2.89. The zero-order valence-electron chi connectivity index (χ0n) is 12.1. The van der Waals surface area contributed by atoms with Gasteiger partial charge >= 0.3 is 5.69 Å². The highest BCUT2D eigenvalue weighted by atomic mass is 32.2. The number of benzene rings is 2. The second-order valence-corrected chi connectivity index (χ2v) is 6.02. The Bertz CT molecular complexity index is 760. The Morgan fingerprint density at radius 1 is 0.952 bits per heavy atom. The average Bonchev–Trinajstić information content (AvgIpc) is 2.42. The zero-order chi connectivity index (χ0) is 16.0. The molecule has 5 nitrogen and oxygen atoms in total. The molecule has 0 amide bonds. The molecule has 0 aliphatic heterocycles. The highest BCUT2D eigenvalue weighted by Crippen LogP contribution is 2.16. The number of aryl methyl sites for hydroxylation is 3. The van der Waals surface area contributed by atoms with E-state index >= 15 is 0 Å². The minimum absolute atomic E-state index is 0.178. The summed E-state index contributed by atoms with van der Waals surface area (Å²) >= 11 is 0. The maximum Gasteiger partial charge on any atom is 0.385 e. The summed E-state index contributed by atoms with van der Waals surface area (Å²) in [5, 5.41) is 8.38. The number of hydrogen-bond donors (Lipinski definition) is 0. The van der Waals surface area contributed by atoms with Crippen molar-refractivity contribution in [1.82, 2.24) is 0 Å². The predicted molar refractivity (Wildman–Crippen MR) is 79.8 cm³/mol. The van der Waals surface area contributed by atoms with Gasteiger partial charge in [0.1, 0.15) is 10.1 Å². The monoisotopic (exact) mass is 304 g/mol. The van der Waals surface area contributed by atoms with Crippen molar-refractivity contribution in [2.24, 2.45) is 0 Å². The molecule has 0 heterocycles. The van der Waals surface area contributed by atoms with Crippen LogP contribution < -0.4 is 0 Å². The third-order valence-corrected chi connectivity index (χ3v) is 3.77. The van der Waals surface area contributed by atoms with Crippen LogP contribution in [0.2, 0.25) is 0 Å². The van der Waals surface area contributed by atoms with E-state index in [1.165, 1.54) is 17.7 Å². The minimum Gasteiger partial charge on any atom is -0.744 e. The Hall–Kier alpha value is -2.23. The molecule has 0 N–H and O–H groups in total. The third-order valence-electron chi connectivity index (χ3n) is 2.92. The Balaban J connectivity index is 0.000000211. The summed E-state index contributed by atoms with van der Waals surface area (Å²) in [5.74, 6) is 0. The quantitative estimate of drug-likeness (QED) is 0.594. The van der Waals surface area contributed by atoms with Gasteiger partial charge < -0.3 is 4.55 Å². The van der Waals surface area contributed by atoms with Gasteiger partial charge in [-0.3, -0.25) is 0 Å². The fourth-order valence-electron chi connectivity index (χ4n) is 1.49. The molecule has 21 heavy (non-hydrogen) atoms. The number of hydrogen-bond acceptors (Lipinski definition) is 4. The highest BCUT2D eigenvalue weighted by molar-refractivity contribution is 7.85. The summed E-state index contributed by atoms with van der Waals surface area (Å²) in [6.45, 7) is 5.84. The molecule has 0 radical (unpaired) electrons. The third kappa shape index (κ3) is 5.34. The Morgan fingerprint density at radius 2 is 1.52 bits per heavy atom. The lowest BCUT2D eigenvalue weighted by Gasteiger charge is -2.05. The van der Waals surface area contributed by atoms with Crippen LogP contribution in [0.1, 0.15) is 16.7 Å². The summed E-state index contributed by atoms with van der Waals surface area (Å²) in [7, 11) is -4.27. The van der Waals surface area contributed by atoms with E-state index in [-0.39, 0.29) is 4.90 Å². The van der Waals surface area contributed by atoms with Crippen molar-refractivity contribution in [3.05, 3.63) is 64.1 Å². The van der Waals surface area contributed by atoms with Crippen LogP contribution in [-0.2, 0) is 10.1 Å². The van der Waals surface area contributed by atoms with Crippen LogP contribution in [0.15, 0.2) is 47.4 Å². The smallest absolute Gasteiger partial charge is 0.385 e. The van der Waals surface area contributed by atoms with Gasteiger partial charge in [-0.1, -0.05) is 23.8 Å². The molecule has 0 unspecified atom stereocenters. The second kappa shape index (κ2) is 6.97. The molecule has 2 aromatic rings. The van der Waals surface area contributed by atoms with Gasteiger partial charge in [-0.25, -0.2) is 8.42 Å². The molecule has 0 saturated heterocycles. The molecule has 6 heteroatoms. The lowest BCUT2D eigenvalue weighted by atomic mass is 10.1. The Labute approximate surface area is 124 Å². The SMILES string of the molecule is Cc1ccc(S(=O)(=O)[O-])cc1.Cc1ccc([N+]#N)cc1C. The van der Waals surface area contributed by atoms with E-state index in [0.717, 1.165) is 11.1 Å². The minimum atomic E-state index is -4.27. The Morgan fingerprint density at radius 3 is 1.95 bits per heavy atom. The first-order valence-corrected chi connectivity index (χ1v) is 7.60. The van der Waals surface area contributed by atoms with Gasteiger partial charge in [0.05, 0.1) is 4.90 Å². The van der Waals surface area contributed by atoms with Crippen LogP contribution in [0.5, 0.6) is 0 Å². The van der Waals surface area contributed by atoms with Crippen molar-refractivity contribution >= 4 is 15.8 Å². The molecule has 110 valence electrons. The van der Waals surface area contributed by atoms with Gasteiger partial charge in [-0.2, -0.15) is 0 Å². The molecule has 0 atom stereocenters. The molecule has 2 rings (SSSR count). The molecule has 0 aromatic heterocycles. The highest BCUT2D eigenvalue weighted by Gasteiger charge is 2.03. The van der Waals surface area contributed by atoms with E-state index in [0.29, 0.717) is 5.69 Å². The van der Waals surface area contributed by atoms with Crippen LogP contribution in [-0.4, -0.2) is 13.0 Å². The van der Waals surface area contributed by atoms with E-state index in [2.05, 4.69) is 4.98 Å². The number of diazo groups is 1. The molecule has 0 bridgehead atoms. The van der Waals surface area contributed by atoms with Crippen LogP contribution >= 0.6 is 0 Å². The largest absolute Gasteiger partial charge is 0.744 e. The van der Waals surface area contributed by atoms with Crippen molar-refractivity contribution in [2.75, 3.05) is 0 Å². The lowest BCUT2D eigenvalue weighted by Crippen LogP contribution is -1.97. The van der Waals surface area contributed by atoms with E-state index in [4.69, 9.17) is 5.39 Å². The summed E-state index contributed by atoms with van der Waals surface area (Å²) in [6.07, 6.45) is 0. The maximum absolute atomic E-state index is 10.4. The van der Waals surface area contributed by atoms with Gasteiger partial charge in [0.2, 0.25) is 5.39 Å². The maximum atomic E-state index is 10.4. The number of nitrogens with zero attached hydrogens (tertiary/aromatic N) is 2. The van der Waals surface area contributed by atoms with Crippen LogP contribution in [0, 0.1) is 26.2 Å². The molecule has 0 aliphatic carbocycles. The first-order chi connectivity index (χ1) is 9.74. The first kappa shape index (κ1) is 16.8. The van der Waals surface area contributed by atoms with Crippen molar-refractivity contribution in [2.45, 2.75) is 25.7 Å². The van der Waals surface area contributed by atoms with Crippen molar-refractivity contribution < 1.29 is 13.0 Å². The van der Waals surface area contributed by atoms with Crippen molar-refractivity contribution in [3.8, 4) is 0 Å². The van der Waals surface area contributed by atoms with Gasteiger partial charge in [0, 0.05) is 12.1 Å². The fourth-order valence-corrected chi connectivity index (χ4v) is 1.96. The van der Waals surface area contributed by atoms with Crippen molar-refractivity contribution in [3.63, 3.8) is 0 Å².